The van der Waals surface area contributed by atoms with Crippen LogP contribution in [0.1, 0.15) is 34.3 Å². The Hall–Kier alpha value is -3.39. The fourth-order valence-electron chi connectivity index (χ4n) is 4.02. The molecule has 178 valence electrons. The Balaban J connectivity index is 1.39. The van der Waals surface area contributed by atoms with Gasteiger partial charge in [-0.3, -0.25) is 9.10 Å². The summed E-state index contributed by atoms with van der Waals surface area (Å²) in [7, 11) is -3.58. The van der Waals surface area contributed by atoms with E-state index in [-0.39, 0.29) is 18.3 Å². The Morgan fingerprint density at radius 1 is 0.912 bits per heavy atom. The first kappa shape index (κ1) is 23.8. The topological polar surface area (TPSA) is 69.7 Å². The molecule has 0 atom stereocenters. The van der Waals surface area contributed by atoms with Crippen LogP contribution in [0.4, 0.5) is 15.8 Å². The summed E-state index contributed by atoms with van der Waals surface area (Å²) >= 11 is 0. The van der Waals surface area contributed by atoms with Gasteiger partial charge in [-0.25, -0.2) is 12.8 Å². The Morgan fingerprint density at radius 3 is 2.09 bits per heavy atom. The number of hydrogen-bond donors (Lipinski definition) is 1. The summed E-state index contributed by atoms with van der Waals surface area (Å²) in [6.07, 6.45) is 3.57. The van der Waals surface area contributed by atoms with Gasteiger partial charge in [0.1, 0.15) is 5.82 Å². The largest absolute Gasteiger partial charge is 0.372 e. The number of nitrogens with zero attached hydrogens (tertiary/aromatic N) is 2. The van der Waals surface area contributed by atoms with Crippen molar-refractivity contribution in [1.82, 2.24) is 5.32 Å². The molecule has 3 aromatic rings. The number of rotatable bonds is 8. The highest BCUT2D eigenvalue weighted by Gasteiger charge is 2.19. The van der Waals surface area contributed by atoms with Crippen LogP contribution in [0.25, 0.3) is 0 Å². The minimum absolute atomic E-state index is 0.0675. The lowest BCUT2D eigenvalue weighted by atomic mass is 10.1. The molecule has 0 aliphatic carbocycles. The van der Waals surface area contributed by atoms with E-state index in [4.69, 9.17) is 0 Å². The van der Waals surface area contributed by atoms with Crippen molar-refractivity contribution in [3.63, 3.8) is 0 Å². The molecule has 1 fully saturated rings. The van der Waals surface area contributed by atoms with E-state index in [2.05, 4.69) is 22.3 Å². The highest BCUT2D eigenvalue weighted by Crippen LogP contribution is 2.22. The number of carbonyl (C=O) groups is 1. The molecule has 0 bridgehead atoms. The zero-order valence-corrected chi connectivity index (χ0v) is 19.9. The van der Waals surface area contributed by atoms with Crippen LogP contribution in [0, 0.1) is 5.82 Å². The van der Waals surface area contributed by atoms with E-state index in [1.165, 1.54) is 35.0 Å². The number of benzene rings is 3. The highest BCUT2D eigenvalue weighted by molar-refractivity contribution is 7.92. The molecule has 1 N–H and O–H groups in total. The zero-order valence-electron chi connectivity index (χ0n) is 19.1. The summed E-state index contributed by atoms with van der Waals surface area (Å²) in [6.45, 7) is 2.65. The number of halogens is 1. The van der Waals surface area contributed by atoms with E-state index in [9.17, 15) is 17.6 Å². The van der Waals surface area contributed by atoms with Crippen LogP contribution in [-0.2, 0) is 23.1 Å². The van der Waals surface area contributed by atoms with Crippen molar-refractivity contribution in [3.05, 3.63) is 95.3 Å². The first-order valence-electron chi connectivity index (χ1n) is 11.2. The van der Waals surface area contributed by atoms with Crippen molar-refractivity contribution < 1.29 is 17.6 Å². The minimum atomic E-state index is -3.58. The minimum Gasteiger partial charge on any atom is -0.372 e. The Labute approximate surface area is 200 Å². The molecule has 8 heteroatoms. The number of carbonyl (C=O) groups excluding carboxylic acids is 1. The van der Waals surface area contributed by atoms with Crippen molar-refractivity contribution in [1.29, 1.82) is 0 Å². The molecule has 1 aliphatic rings. The zero-order chi connectivity index (χ0) is 24.1. The van der Waals surface area contributed by atoms with Gasteiger partial charge in [0.25, 0.3) is 5.91 Å². The van der Waals surface area contributed by atoms with Gasteiger partial charge in [0.2, 0.25) is 10.0 Å². The van der Waals surface area contributed by atoms with Crippen molar-refractivity contribution in [2.75, 3.05) is 28.6 Å². The van der Waals surface area contributed by atoms with E-state index < -0.39 is 10.0 Å². The van der Waals surface area contributed by atoms with Crippen molar-refractivity contribution in [2.45, 2.75) is 25.9 Å². The van der Waals surface area contributed by atoms with Crippen LogP contribution < -0.4 is 14.5 Å². The molecule has 4 rings (SSSR count). The van der Waals surface area contributed by atoms with Crippen LogP contribution in [0.2, 0.25) is 0 Å². The average molecular weight is 482 g/mol. The first-order valence-corrected chi connectivity index (χ1v) is 13.1. The van der Waals surface area contributed by atoms with Gasteiger partial charge >= 0.3 is 0 Å². The number of hydrogen-bond acceptors (Lipinski definition) is 4. The van der Waals surface area contributed by atoms with E-state index in [1.807, 2.05) is 12.1 Å². The van der Waals surface area contributed by atoms with Crippen LogP contribution in [0.3, 0.4) is 0 Å². The van der Waals surface area contributed by atoms with E-state index >= 15 is 0 Å². The van der Waals surface area contributed by atoms with Gasteiger partial charge in [-0.15, -0.1) is 0 Å². The van der Waals surface area contributed by atoms with Gasteiger partial charge in [-0.1, -0.05) is 24.3 Å². The molecule has 0 radical (unpaired) electrons. The molecule has 6 nitrogen and oxygen atoms in total. The van der Waals surface area contributed by atoms with E-state index in [0.717, 1.165) is 24.9 Å². The van der Waals surface area contributed by atoms with E-state index in [0.29, 0.717) is 23.4 Å². The highest BCUT2D eigenvalue weighted by atomic mass is 32.2. The summed E-state index contributed by atoms with van der Waals surface area (Å²) in [6, 6.07) is 20.3. The van der Waals surface area contributed by atoms with Crippen molar-refractivity contribution >= 4 is 27.3 Å². The number of nitrogens with one attached hydrogen (secondary N) is 1. The molecule has 1 saturated heterocycles. The van der Waals surface area contributed by atoms with Crippen LogP contribution >= 0.6 is 0 Å². The standard InChI is InChI=1S/C26H28FN3O3S/c1-34(32,33)30(19-21-4-10-23(27)11-5-21)25-14-8-22(9-15-25)26(31)28-18-20-6-12-24(13-7-20)29-16-2-3-17-29/h4-15H,2-3,16-19H2,1H3,(H,28,31). The Kier molecular flexibility index (Phi) is 7.17. The molecular formula is C26H28FN3O3S. The van der Waals surface area contributed by atoms with Gasteiger partial charge < -0.3 is 10.2 Å². The monoisotopic (exact) mass is 481 g/mol. The van der Waals surface area contributed by atoms with Gasteiger partial charge in [0, 0.05) is 30.9 Å². The molecular weight excluding hydrogens is 453 g/mol. The maximum atomic E-state index is 13.2. The Bertz CT molecular complexity index is 1220. The maximum Gasteiger partial charge on any atom is 0.251 e. The molecule has 0 spiro atoms. The van der Waals surface area contributed by atoms with Gasteiger partial charge in [-0.05, 0) is 72.5 Å². The molecule has 0 saturated carbocycles. The summed E-state index contributed by atoms with van der Waals surface area (Å²) in [4.78, 5) is 15.0. The normalized spacial score (nSPS) is 13.6. The molecule has 3 aromatic carbocycles. The fraction of sp³-hybridized carbons (Fsp3) is 0.269. The van der Waals surface area contributed by atoms with Crippen LogP contribution in [0.15, 0.2) is 72.8 Å². The van der Waals surface area contributed by atoms with Crippen LogP contribution in [-0.4, -0.2) is 33.7 Å². The van der Waals surface area contributed by atoms with Gasteiger partial charge in [0.05, 0.1) is 18.5 Å². The summed E-state index contributed by atoms with van der Waals surface area (Å²) < 4.78 is 39.1. The predicted octanol–water partition coefficient (Wildman–Crippen LogP) is 4.32. The number of anilines is 2. The second-order valence-corrected chi connectivity index (χ2v) is 10.4. The van der Waals surface area contributed by atoms with Crippen molar-refractivity contribution in [2.24, 2.45) is 0 Å². The third kappa shape index (κ3) is 5.94. The second kappa shape index (κ2) is 10.3. The third-order valence-corrected chi connectivity index (χ3v) is 7.06. The average Bonchev–Trinajstić information content (AvgIpc) is 3.37. The molecule has 0 aromatic heterocycles. The Morgan fingerprint density at radius 2 is 1.50 bits per heavy atom. The van der Waals surface area contributed by atoms with Crippen LogP contribution in [0.5, 0.6) is 0 Å². The lowest BCUT2D eigenvalue weighted by molar-refractivity contribution is 0.0951. The van der Waals surface area contributed by atoms with Gasteiger partial charge in [-0.2, -0.15) is 0 Å². The lowest BCUT2D eigenvalue weighted by Gasteiger charge is -2.22. The molecule has 0 unspecified atom stereocenters. The smallest absolute Gasteiger partial charge is 0.251 e. The third-order valence-electron chi connectivity index (χ3n) is 5.92. The molecule has 1 amide bonds. The SMILES string of the molecule is CS(=O)(=O)N(Cc1ccc(F)cc1)c1ccc(C(=O)NCc2ccc(N3CCCC3)cc2)cc1. The van der Waals surface area contributed by atoms with Crippen molar-refractivity contribution in [3.8, 4) is 0 Å². The van der Waals surface area contributed by atoms with E-state index in [1.54, 1.807) is 36.4 Å². The predicted molar refractivity (Wildman–Crippen MR) is 133 cm³/mol. The summed E-state index contributed by atoms with van der Waals surface area (Å²) in [5, 5.41) is 2.91. The molecule has 1 heterocycles. The fourth-order valence-corrected chi connectivity index (χ4v) is 4.91. The number of sulfonamides is 1. The second-order valence-electron chi connectivity index (χ2n) is 8.49. The van der Waals surface area contributed by atoms with Gasteiger partial charge in [0.15, 0.2) is 0 Å². The molecule has 1 aliphatic heterocycles. The quantitative estimate of drug-likeness (QED) is 0.520. The summed E-state index contributed by atoms with van der Waals surface area (Å²) in [5.74, 6) is -0.618. The maximum absolute atomic E-state index is 13.2. The molecule has 34 heavy (non-hydrogen) atoms. The summed E-state index contributed by atoms with van der Waals surface area (Å²) in [5.41, 5.74) is 3.74. The first-order chi connectivity index (χ1) is 16.3. The number of amides is 1. The lowest BCUT2D eigenvalue weighted by Crippen LogP contribution is -2.29.